The lowest BCUT2D eigenvalue weighted by Crippen LogP contribution is -2.47. The van der Waals surface area contributed by atoms with Gasteiger partial charge in [0.1, 0.15) is 5.75 Å². The van der Waals surface area contributed by atoms with Gasteiger partial charge in [0.25, 0.3) is 5.91 Å². The van der Waals surface area contributed by atoms with Gasteiger partial charge < -0.3 is 24.8 Å². The highest BCUT2D eigenvalue weighted by Gasteiger charge is 2.30. The van der Waals surface area contributed by atoms with Gasteiger partial charge in [-0.2, -0.15) is 0 Å². The van der Waals surface area contributed by atoms with Crippen LogP contribution in [0.3, 0.4) is 0 Å². The third kappa shape index (κ3) is 10.9. The van der Waals surface area contributed by atoms with E-state index in [1.165, 1.54) is 0 Å². The van der Waals surface area contributed by atoms with Gasteiger partial charge in [-0.25, -0.2) is 0 Å². The van der Waals surface area contributed by atoms with Crippen molar-refractivity contribution < 1.29 is 24.2 Å². The van der Waals surface area contributed by atoms with Crippen LogP contribution in [0.2, 0.25) is 10.0 Å². The number of likely N-dealkylation sites (N-methyl/N-ethyl adjacent to an activating group) is 1. The van der Waals surface area contributed by atoms with Crippen molar-refractivity contribution in [2.45, 2.75) is 71.2 Å². The summed E-state index contributed by atoms with van der Waals surface area (Å²) in [5.41, 5.74) is 2.78. The quantitative estimate of drug-likeness (QED) is 0.250. The molecule has 1 heterocycles. The molecule has 1 aliphatic heterocycles. The number of carbonyl (C=O) groups is 2. The van der Waals surface area contributed by atoms with Gasteiger partial charge in [0.05, 0.1) is 46.9 Å². The fraction of sp³-hybridized carbons (Fsp3) is 0.459. The summed E-state index contributed by atoms with van der Waals surface area (Å²) in [6, 6.07) is 19.9. The Balaban J connectivity index is 1.58. The number of amides is 2. The molecule has 0 fully saturated rings. The molecule has 0 spiro atoms. The zero-order valence-electron chi connectivity index (χ0n) is 27.8. The van der Waals surface area contributed by atoms with Gasteiger partial charge in [-0.3, -0.25) is 14.5 Å². The second kappa shape index (κ2) is 17.9. The van der Waals surface area contributed by atoms with E-state index in [2.05, 4.69) is 17.1 Å². The number of aliphatic hydroxyl groups excluding tert-OH is 1. The summed E-state index contributed by atoms with van der Waals surface area (Å²) >= 11 is 12.4. The second-order valence-electron chi connectivity index (χ2n) is 12.7. The molecule has 47 heavy (non-hydrogen) atoms. The smallest absolute Gasteiger partial charge is 0.258 e. The van der Waals surface area contributed by atoms with Crippen LogP contribution in [-0.4, -0.2) is 78.3 Å². The first-order chi connectivity index (χ1) is 22.5. The van der Waals surface area contributed by atoms with Crippen LogP contribution >= 0.6 is 23.2 Å². The summed E-state index contributed by atoms with van der Waals surface area (Å²) in [6.45, 7) is 7.92. The Bertz CT molecular complexity index is 1470. The normalized spacial score (nSPS) is 20.2. The SMILES string of the molecule is C[C@@H]1CCCCO[C@@H](CN(C)Cc2ccc(Cl)c(Cl)c2)[C@@H](C)CN([C@@H](C)CO)C(=O)c2cc(NC(=O)Cc3ccccc3)ccc2O1. The number of carbonyl (C=O) groups excluding carboxylic acids is 2. The third-order valence-electron chi connectivity index (χ3n) is 8.47. The number of ether oxygens (including phenoxy) is 2. The Kier molecular flexibility index (Phi) is 13.9. The van der Waals surface area contributed by atoms with Crippen LogP contribution in [0, 0.1) is 5.92 Å². The predicted octanol–water partition coefficient (Wildman–Crippen LogP) is 7.10. The first-order valence-electron chi connectivity index (χ1n) is 16.3. The predicted molar refractivity (Wildman–Crippen MR) is 188 cm³/mol. The highest BCUT2D eigenvalue weighted by molar-refractivity contribution is 6.42. The summed E-state index contributed by atoms with van der Waals surface area (Å²) < 4.78 is 12.8. The lowest BCUT2D eigenvalue weighted by Gasteiger charge is -2.36. The monoisotopic (exact) mass is 683 g/mol. The molecule has 254 valence electrons. The fourth-order valence-corrected chi connectivity index (χ4v) is 6.09. The number of hydrogen-bond acceptors (Lipinski definition) is 6. The minimum Gasteiger partial charge on any atom is -0.490 e. The van der Waals surface area contributed by atoms with Crippen molar-refractivity contribution >= 4 is 40.7 Å². The molecule has 0 aromatic heterocycles. The summed E-state index contributed by atoms with van der Waals surface area (Å²) in [6.07, 6.45) is 2.48. The Hall–Kier alpha value is -3.14. The van der Waals surface area contributed by atoms with Crippen molar-refractivity contribution in [3.63, 3.8) is 0 Å². The summed E-state index contributed by atoms with van der Waals surface area (Å²) in [7, 11) is 2.03. The molecular formula is C37H47Cl2N3O5. The maximum atomic E-state index is 14.4. The van der Waals surface area contributed by atoms with Crippen LogP contribution in [0.15, 0.2) is 66.7 Å². The third-order valence-corrected chi connectivity index (χ3v) is 9.21. The van der Waals surface area contributed by atoms with Crippen LogP contribution in [0.1, 0.15) is 61.5 Å². The van der Waals surface area contributed by atoms with Crippen LogP contribution in [-0.2, 0) is 22.5 Å². The number of nitrogens with zero attached hydrogens (tertiary/aromatic N) is 2. The highest BCUT2D eigenvalue weighted by Crippen LogP contribution is 2.29. The van der Waals surface area contributed by atoms with E-state index >= 15 is 0 Å². The molecular weight excluding hydrogens is 637 g/mol. The number of nitrogens with one attached hydrogen (secondary N) is 1. The standard InChI is InChI=1S/C37H47Cl2N3O5/c1-25-21-42(26(2)24-43)37(45)31-20-30(40-36(44)19-28-11-6-5-7-12-28)14-16-34(31)47-27(3)10-8-9-17-46-35(25)23-41(4)22-29-13-15-32(38)33(39)18-29/h5-7,11-16,18,20,25-27,35,43H,8-10,17,19,21-24H2,1-4H3,(H,40,44)/t25-,26-,27+,35-/m0/s1. The molecule has 2 amide bonds. The Morgan fingerprint density at radius 2 is 1.81 bits per heavy atom. The van der Waals surface area contributed by atoms with E-state index in [0.717, 1.165) is 30.4 Å². The number of rotatable bonds is 9. The lowest BCUT2D eigenvalue weighted by atomic mass is 10.0. The van der Waals surface area contributed by atoms with E-state index in [9.17, 15) is 14.7 Å². The zero-order chi connectivity index (χ0) is 33.9. The number of fused-ring (bicyclic) bond motifs is 1. The van der Waals surface area contributed by atoms with Gasteiger partial charge in [-0.05, 0) is 81.6 Å². The largest absolute Gasteiger partial charge is 0.490 e. The van der Waals surface area contributed by atoms with E-state index in [1.54, 1.807) is 29.2 Å². The summed E-state index contributed by atoms with van der Waals surface area (Å²) in [5, 5.41) is 14.2. The molecule has 0 radical (unpaired) electrons. The Morgan fingerprint density at radius 3 is 2.53 bits per heavy atom. The van der Waals surface area contributed by atoms with Crippen molar-refractivity contribution in [3.8, 4) is 5.75 Å². The van der Waals surface area contributed by atoms with E-state index in [4.69, 9.17) is 32.7 Å². The van der Waals surface area contributed by atoms with Gasteiger partial charge in [-0.1, -0.05) is 66.5 Å². The molecule has 0 saturated heterocycles. The average molecular weight is 685 g/mol. The molecule has 2 N–H and O–H groups in total. The van der Waals surface area contributed by atoms with Crippen LogP contribution in [0.4, 0.5) is 5.69 Å². The van der Waals surface area contributed by atoms with Crippen molar-refractivity contribution in [1.82, 2.24) is 9.80 Å². The Morgan fingerprint density at radius 1 is 1.04 bits per heavy atom. The van der Waals surface area contributed by atoms with Crippen molar-refractivity contribution in [3.05, 3.63) is 93.5 Å². The maximum Gasteiger partial charge on any atom is 0.258 e. The van der Waals surface area contributed by atoms with Gasteiger partial charge >= 0.3 is 0 Å². The molecule has 10 heteroatoms. The van der Waals surface area contributed by atoms with Crippen molar-refractivity contribution in [2.75, 3.05) is 38.7 Å². The topological polar surface area (TPSA) is 91.3 Å². The molecule has 0 unspecified atom stereocenters. The maximum absolute atomic E-state index is 14.4. The number of halogens is 2. The first kappa shape index (κ1) is 36.7. The van der Waals surface area contributed by atoms with E-state index in [-0.39, 0.29) is 43.0 Å². The minimum absolute atomic E-state index is 0.0656. The van der Waals surface area contributed by atoms with Crippen LogP contribution in [0.5, 0.6) is 5.75 Å². The minimum atomic E-state index is -0.464. The molecule has 8 nitrogen and oxygen atoms in total. The highest BCUT2D eigenvalue weighted by atomic mass is 35.5. The van der Waals surface area contributed by atoms with Gasteiger partial charge in [0.15, 0.2) is 0 Å². The van der Waals surface area contributed by atoms with Crippen LogP contribution < -0.4 is 10.1 Å². The molecule has 0 saturated carbocycles. The molecule has 3 aromatic rings. The molecule has 1 aliphatic rings. The van der Waals surface area contributed by atoms with Gasteiger partial charge in [-0.15, -0.1) is 0 Å². The zero-order valence-corrected chi connectivity index (χ0v) is 29.3. The fourth-order valence-electron chi connectivity index (χ4n) is 5.77. The lowest BCUT2D eigenvalue weighted by molar-refractivity contribution is -0.115. The summed E-state index contributed by atoms with van der Waals surface area (Å²) in [5.74, 6) is -0.0699. The molecule has 0 aliphatic carbocycles. The summed E-state index contributed by atoms with van der Waals surface area (Å²) in [4.78, 5) is 31.1. The second-order valence-corrected chi connectivity index (χ2v) is 13.5. The van der Waals surface area contributed by atoms with Gasteiger partial charge in [0, 0.05) is 37.8 Å². The van der Waals surface area contributed by atoms with Crippen molar-refractivity contribution in [1.29, 1.82) is 0 Å². The molecule has 0 bridgehead atoms. The average Bonchev–Trinajstić information content (AvgIpc) is 3.04. The van der Waals surface area contributed by atoms with E-state index < -0.39 is 6.04 Å². The van der Waals surface area contributed by atoms with Crippen molar-refractivity contribution in [2.24, 2.45) is 5.92 Å². The number of aliphatic hydroxyl groups is 1. The Labute approximate surface area is 288 Å². The first-order valence-corrected chi connectivity index (χ1v) is 17.1. The van der Waals surface area contributed by atoms with E-state index in [1.807, 2.05) is 63.4 Å². The number of benzene rings is 3. The van der Waals surface area contributed by atoms with Crippen LogP contribution in [0.25, 0.3) is 0 Å². The molecule has 4 rings (SSSR count). The molecule has 3 aromatic carbocycles. The number of anilines is 1. The molecule has 4 atom stereocenters. The van der Waals surface area contributed by atoms with Gasteiger partial charge in [0.2, 0.25) is 5.91 Å². The number of hydrogen-bond donors (Lipinski definition) is 2. The van der Waals surface area contributed by atoms with E-state index in [0.29, 0.717) is 53.3 Å².